The molecule has 3 fully saturated rings. The van der Waals surface area contributed by atoms with Gasteiger partial charge < -0.3 is 24.2 Å². The average Bonchev–Trinajstić information content (AvgIpc) is 3.23. The maximum absolute atomic E-state index is 14.7. The molecule has 3 heterocycles. The quantitative estimate of drug-likeness (QED) is 0.872. The van der Waals surface area contributed by atoms with Gasteiger partial charge in [-0.15, -0.1) is 0 Å². The van der Waals surface area contributed by atoms with E-state index in [4.69, 9.17) is 19.3 Å². The summed E-state index contributed by atoms with van der Waals surface area (Å²) in [5, 5.41) is 9.08. The van der Waals surface area contributed by atoms with Crippen LogP contribution in [-0.2, 0) is 14.2 Å². The number of nitrogens with zero attached hydrogens (tertiary/aromatic N) is 2. The van der Waals surface area contributed by atoms with Crippen molar-refractivity contribution in [3.63, 3.8) is 0 Å². The molecule has 0 radical (unpaired) electrons. The third-order valence-electron chi connectivity index (χ3n) is 5.05. The van der Waals surface area contributed by atoms with Crippen LogP contribution < -0.4 is 9.80 Å². The van der Waals surface area contributed by atoms with Gasteiger partial charge in [0.2, 0.25) is 0 Å². The minimum absolute atomic E-state index is 0.0501. The zero-order valence-electron chi connectivity index (χ0n) is 14.1. The number of aliphatic hydroxyl groups is 1. The van der Waals surface area contributed by atoms with Crippen LogP contribution >= 0.6 is 0 Å². The minimum Gasteiger partial charge on any atom is -0.441 e. The first-order chi connectivity index (χ1) is 12.5. The molecule has 0 aliphatic carbocycles. The number of anilines is 2. The number of amides is 1. The molecule has 4 rings (SSSR count). The zero-order chi connectivity index (χ0) is 18.3. The maximum atomic E-state index is 14.7. The molecule has 1 atom stereocenters. The summed E-state index contributed by atoms with van der Waals surface area (Å²) >= 11 is 0. The van der Waals surface area contributed by atoms with Crippen molar-refractivity contribution in [3.8, 4) is 0 Å². The summed E-state index contributed by atoms with van der Waals surface area (Å²) in [7, 11) is 0. The van der Waals surface area contributed by atoms with E-state index in [1.54, 1.807) is 4.90 Å². The Labute approximate surface area is 149 Å². The summed E-state index contributed by atoms with van der Waals surface area (Å²) in [5.41, 5.74) is -0.0477. The van der Waals surface area contributed by atoms with Crippen LogP contribution in [-0.4, -0.2) is 62.5 Å². The van der Waals surface area contributed by atoms with Crippen LogP contribution in [0, 0.1) is 11.6 Å². The van der Waals surface area contributed by atoms with Crippen molar-refractivity contribution in [1.29, 1.82) is 0 Å². The molecule has 3 aliphatic heterocycles. The highest BCUT2D eigenvalue weighted by molar-refractivity contribution is 5.90. The van der Waals surface area contributed by atoms with Gasteiger partial charge in [-0.1, -0.05) is 0 Å². The van der Waals surface area contributed by atoms with Gasteiger partial charge in [0, 0.05) is 38.1 Å². The van der Waals surface area contributed by atoms with Gasteiger partial charge >= 0.3 is 6.09 Å². The van der Waals surface area contributed by atoms with Crippen LogP contribution in [0.2, 0.25) is 0 Å². The predicted octanol–water partition coefficient (Wildman–Crippen LogP) is 1.63. The molecule has 26 heavy (non-hydrogen) atoms. The number of rotatable bonds is 3. The molecule has 1 N–H and O–H groups in total. The van der Waals surface area contributed by atoms with E-state index in [0.717, 1.165) is 17.0 Å². The van der Waals surface area contributed by atoms with E-state index in [-0.39, 0.29) is 24.5 Å². The highest BCUT2D eigenvalue weighted by atomic mass is 19.1. The Morgan fingerprint density at radius 3 is 2.31 bits per heavy atom. The molecule has 0 saturated carbocycles. The van der Waals surface area contributed by atoms with Crippen LogP contribution in [0.3, 0.4) is 0 Å². The third kappa shape index (κ3) is 3.00. The van der Waals surface area contributed by atoms with Crippen molar-refractivity contribution in [2.75, 3.05) is 49.3 Å². The van der Waals surface area contributed by atoms with Crippen LogP contribution in [0.4, 0.5) is 25.0 Å². The van der Waals surface area contributed by atoms with Crippen LogP contribution in [0.25, 0.3) is 0 Å². The average molecular weight is 370 g/mol. The van der Waals surface area contributed by atoms with E-state index in [0.29, 0.717) is 39.1 Å². The first-order valence-corrected chi connectivity index (χ1v) is 8.62. The number of ether oxygens (including phenoxy) is 3. The predicted molar refractivity (Wildman–Crippen MR) is 87.1 cm³/mol. The Balaban J connectivity index is 1.52. The molecular weight excluding hydrogens is 350 g/mol. The molecule has 9 heteroatoms. The first kappa shape index (κ1) is 17.4. The summed E-state index contributed by atoms with van der Waals surface area (Å²) in [6, 6.07) is 2.23. The Morgan fingerprint density at radius 2 is 1.77 bits per heavy atom. The fourth-order valence-corrected chi connectivity index (χ4v) is 3.69. The van der Waals surface area contributed by atoms with Crippen molar-refractivity contribution in [1.82, 2.24) is 0 Å². The summed E-state index contributed by atoms with van der Waals surface area (Å²) < 4.78 is 45.5. The minimum atomic E-state index is -0.746. The molecule has 3 saturated heterocycles. The lowest BCUT2D eigenvalue weighted by Crippen LogP contribution is -2.45. The van der Waals surface area contributed by atoms with Gasteiger partial charge in [0.25, 0.3) is 0 Å². The van der Waals surface area contributed by atoms with Crippen molar-refractivity contribution < 1.29 is 32.9 Å². The van der Waals surface area contributed by atoms with Crippen LogP contribution in [0.15, 0.2) is 12.1 Å². The number of aliphatic hydroxyl groups excluding tert-OH is 1. The standard InChI is InChI=1S/C17H20F2N2O5/c18-13-7-11(21-9-12(10-22)26-16(21)23)8-14(19)15(13)20-3-1-17(2-4-20)24-5-6-25-17/h7-8,12,22H,1-6,9-10H2. The fraction of sp³-hybridized carbons (Fsp3) is 0.588. The van der Waals surface area contributed by atoms with E-state index in [1.807, 2.05) is 0 Å². The van der Waals surface area contributed by atoms with Gasteiger partial charge in [0.15, 0.2) is 17.4 Å². The number of halogens is 2. The van der Waals surface area contributed by atoms with E-state index in [1.165, 1.54) is 0 Å². The van der Waals surface area contributed by atoms with Gasteiger partial charge in [-0.2, -0.15) is 0 Å². The van der Waals surface area contributed by atoms with E-state index < -0.39 is 29.6 Å². The highest BCUT2D eigenvalue weighted by Gasteiger charge is 2.41. The van der Waals surface area contributed by atoms with E-state index in [9.17, 15) is 13.6 Å². The SMILES string of the molecule is O=C1OC(CO)CN1c1cc(F)c(N2CCC3(CC2)OCCO3)c(F)c1. The van der Waals surface area contributed by atoms with E-state index in [2.05, 4.69) is 0 Å². The molecule has 0 aromatic heterocycles. The second kappa shape index (κ2) is 6.64. The lowest BCUT2D eigenvalue weighted by atomic mass is 10.0. The lowest BCUT2D eigenvalue weighted by Gasteiger charge is -2.38. The van der Waals surface area contributed by atoms with Crippen molar-refractivity contribution in [2.45, 2.75) is 24.7 Å². The van der Waals surface area contributed by atoms with Crippen LogP contribution in [0.5, 0.6) is 0 Å². The number of piperidine rings is 1. The van der Waals surface area contributed by atoms with Crippen molar-refractivity contribution >= 4 is 17.5 Å². The summed E-state index contributed by atoms with van der Waals surface area (Å²) in [4.78, 5) is 14.5. The summed E-state index contributed by atoms with van der Waals surface area (Å²) in [6.45, 7) is 1.60. The topological polar surface area (TPSA) is 71.5 Å². The Morgan fingerprint density at radius 1 is 1.15 bits per heavy atom. The van der Waals surface area contributed by atoms with Gasteiger partial charge in [0.05, 0.1) is 32.1 Å². The first-order valence-electron chi connectivity index (χ1n) is 8.62. The Bertz CT molecular complexity index is 677. The van der Waals surface area contributed by atoms with Gasteiger partial charge in [-0.3, -0.25) is 4.90 Å². The zero-order valence-corrected chi connectivity index (χ0v) is 14.1. The number of carbonyl (C=O) groups is 1. The Hall–Kier alpha value is -1.97. The normalized spacial score (nSPS) is 25.2. The number of hydrogen-bond donors (Lipinski definition) is 1. The summed E-state index contributed by atoms with van der Waals surface area (Å²) in [5.74, 6) is -2.11. The van der Waals surface area contributed by atoms with E-state index >= 15 is 0 Å². The molecule has 1 spiro atoms. The van der Waals surface area contributed by atoms with Crippen molar-refractivity contribution in [3.05, 3.63) is 23.8 Å². The molecule has 142 valence electrons. The number of benzene rings is 1. The lowest BCUT2D eigenvalue weighted by molar-refractivity contribution is -0.169. The fourth-order valence-electron chi connectivity index (χ4n) is 3.69. The molecular formula is C17H20F2N2O5. The monoisotopic (exact) mass is 370 g/mol. The van der Waals surface area contributed by atoms with Crippen molar-refractivity contribution in [2.24, 2.45) is 0 Å². The molecule has 0 bridgehead atoms. The third-order valence-corrected chi connectivity index (χ3v) is 5.05. The summed E-state index contributed by atoms with van der Waals surface area (Å²) in [6.07, 6.45) is -0.363. The highest BCUT2D eigenvalue weighted by Crippen LogP contribution is 2.36. The van der Waals surface area contributed by atoms with Crippen LogP contribution in [0.1, 0.15) is 12.8 Å². The number of carbonyl (C=O) groups excluding carboxylic acids is 1. The molecule has 3 aliphatic rings. The maximum Gasteiger partial charge on any atom is 0.414 e. The smallest absolute Gasteiger partial charge is 0.414 e. The van der Waals surface area contributed by atoms with Gasteiger partial charge in [-0.05, 0) is 0 Å². The van der Waals surface area contributed by atoms with Gasteiger partial charge in [-0.25, -0.2) is 13.6 Å². The second-order valence-corrected chi connectivity index (χ2v) is 6.65. The molecule has 7 nitrogen and oxygen atoms in total. The molecule has 1 amide bonds. The number of cyclic esters (lactones) is 1. The van der Waals surface area contributed by atoms with Gasteiger partial charge in [0.1, 0.15) is 11.8 Å². The molecule has 1 unspecified atom stereocenters. The Kier molecular flexibility index (Phi) is 4.45. The second-order valence-electron chi connectivity index (χ2n) is 6.65. The number of hydrogen-bond acceptors (Lipinski definition) is 6. The molecule has 1 aromatic carbocycles. The largest absolute Gasteiger partial charge is 0.441 e. The molecule has 1 aromatic rings.